The normalized spacial score (nSPS) is 15.0. The lowest BCUT2D eigenvalue weighted by molar-refractivity contribution is -0.121. The molecule has 0 atom stereocenters. The molecule has 2 aromatic carbocycles. The summed E-state index contributed by atoms with van der Waals surface area (Å²) in [5.41, 5.74) is 2.02. The van der Waals surface area contributed by atoms with Crippen LogP contribution in [-0.4, -0.2) is 40.8 Å². The molecule has 0 saturated carbocycles. The number of likely N-dealkylation sites (tertiary alicyclic amines) is 1. The molecule has 0 unspecified atom stereocenters. The summed E-state index contributed by atoms with van der Waals surface area (Å²) < 4.78 is 13.7. The SMILES string of the molecule is O=C(Cc1ccccc1F)NC1CCN(C(=O)c2c[nH]c3ccccc23)CC1. The Labute approximate surface area is 162 Å². The van der Waals surface area contributed by atoms with E-state index in [1.807, 2.05) is 29.2 Å². The van der Waals surface area contributed by atoms with Gasteiger partial charge in [0.2, 0.25) is 5.91 Å². The summed E-state index contributed by atoms with van der Waals surface area (Å²) in [5.74, 6) is -0.545. The molecule has 6 heteroatoms. The van der Waals surface area contributed by atoms with Crippen molar-refractivity contribution in [3.8, 4) is 0 Å². The van der Waals surface area contributed by atoms with E-state index in [1.165, 1.54) is 6.07 Å². The van der Waals surface area contributed by atoms with E-state index in [0.29, 0.717) is 37.1 Å². The fourth-order valence-corrected chi connectivity index (χ4v) is 3.74. The predicted octanol–water partition coefficient (Wildman–Crippen LogP) is 3.27. The third-order valence-electron chi connectivity index (χ3n) is 5.28. The first-order chi connectivity index (χ1) is 13.6. The summed E-state index contributed by atoms with van der Waals surface area (Å²) in [6, 6.07) is 14.1. The zero-order valence-electron chi connectivity index (χ0n) is 15.5. The van der Waals surface area contributed by atoms with Crippen LogP contribution in [0.25, 0.3) is 10.9 Å². The molecule has 0 bridgehead atoms. The molecule has 28 heavy (non-hydrogen) atoms. The highest BCUT2D eigenvalue weighted by Crippen LogP contribution is 2.21. The minimum absolute atomic E-state index is 0.00583. The molecule has 1 fully saturated rings. The maximum Gasteiger partial charge on any atom is 0.256 e. The van der Waals surface area contributed by atoms with Crippen LogP contribution in [0.3, 0.4) is 0 Å². The van der Waals surface area contributed by atoms with Gasteiger partial charge in [-0.3, -0.25) is 9.59 Å². The number of benzene rings is 2. The fraction of sp³-hybridized carbons (Fsp3) is 0.273. The molecule has 0 aliphatic carbocycles. The van der Waals surface area contributed by atoms with Crippen molar-refractivity contribution in [2.24, 2.45) is 0 Å². The molecule has 2 amide bonds. The molecule has 144 valence electrons. The Hall–Kier alpha value is -3.15. The van der Waals surface area contributed by atoms with Crippen LogP contribution in [0, 0.1) is 5.82 Å². The molecule has 4 rings (SSSR count). The van der Waals surface area contributed by atoms with Crippen LogP contribution in [0.15, 0.2) is 54.7 Å². The van der Waals surface area contributed by atoms with Crippen LogP contribution in [0.4, 0.5) is 4.39 Å². The Kier molecular flexibility index (Phi) is 5.10. The second-order valence-electron chi connectivity index (χ2n) is 7.15. The molecule has 3 aromatic rings. The first-order valence-electron chi connectivity index (χ1n) is 9.50. The number of carbonyl (C=O) groups is 2. The average molecular weight is 379 g/mol. The molecule has 5 nitrogen and oxygen atoms in total. The van der Waals surface area contributed by atoms with Crippen molar-refractivity contribution in [1.29, 1.82) is 0 Å². The molecular weight excluding hydrogens is 357 g/mol. The number of amides is 2. The monoisotopic (exact) mass is 379 g/mol. The highest BCUT2D eigenvalue weighted by Gasteiger charge is 2.26. The lowest BCUT2D eigenvalue weighted by atomic mass is 10.0. The average Bonchev–Trinajstić information content (AvgIpc) is 3.14. The zero-order valence-corrected chi connectivity index (χ0v) is 15.5. The highest BCUT2D eigenvalue weighted by atomic mass is 19.1. The van der Waals surface area contributed by atoms with Crippen molar-refractivity contribution in [3.63, 3.8) is 0 Å². The Morgan fingerprint density at radius 2 is 1.79 bits per heavy atom. The summed E-state index contributed by atoms with van der Waals surface area (Å²) in [6.45, 7) is 1.17. The third kappa shape index (κ3) is 3.76. The first kappa shape index (κ1) is 18.2. The van der Waals surface area contributed by atoms with Gasteiger partial charge in [-0.05, 0) is 30.5 Å². The minimum atomic E-state index is -0.364. The maximum absolute atomic E-state index is 13.7. The third-order valence-corrected chi connectivity index (χ3v) is 5.28. The van der Waals surface area contributed by atoms with E-state index in [2.05, 4.69) is 10.3 Å². The highest BCUT2D eigenvalue weighted by molar-refractivity contribution is 6.06. The molecule has 1 aliphatic heterocycles. The van der Waals surface area contributed by atoms with Crippen molar-refractivity contribution < 1.29 is 14.0 Å². The van der Waals surface area contributed by atoms with Gasteiger partial charge in [0.15, 0.2) is 0 Å². The number of H-pyrrole nitrogens is 1. The van der Waals surface area contributed by atoms with Crippen molar-refractivity contribution in [2.45, 2.75) is 25.3 Å². The summed E-state index contributed by atoms with van der Waals surface area (Å²) in [5, 5.41) is 3.89. The second kappa shape index (κ2) is 7.84. The van der Waals surface area contributed by atoms with Gasteiger partial charge in [0.1, 0.15) is 5.82 Å². The predicted molar refractivity (Wildman–Crippen MR) is 105 cm³/mol. The molecular formula is C22H22FN3O2. The van der Waals surface area contributed by atoms with Gasteiger partial charge in [0.05, 0.1) is 12.0 Å². The largest absolute Gasteiger partial charge is 0.360 e. The van der Waals surface area contributed by atoms with E-state index in [1.54, 1.807) is 24.4 Å². The van der Waals surface area contributed by atoms with Crippen LogP contribution in [-0.2, 0) is 11.2 Å². The van der Waals surface area contributed by atoms with E-state index >= 15 is 0 Å². The smallest absolute Gasteiger partial charge is 0.256 e. The number of aromatic amines is 1. The molecule has 1 aliphatic rings. The topological polar surface area (TPSA) is 65.2 Å². The van der Waals surface area contributed by atoms with Crippen LogP contribution in [0.1, 0.15) is 28.8 Å². The van der Waals surface area contributed by atoms with E-state index in [0.717, 1.165) is 10.9 Å². The van der Waals surface area contributed by atoms with Crippen molar-refractivity contribution in [3.05, 3.63) is 71.7 Å². The number of carbonyl (C=O) groups excluding carboxylic acids is 2. The number of para-hydroxylation sites is 1. The molecule has 1 aromatic heterocycles. The van der Waals surface area contributed by atoms with Crippen LogP contribution < -0.4 is 5.32 Å². The van der Waals surface area contributed by atoms with E-state index in [-0.39, 0.29) is 30.1 Å². The number of aromatic nitrogens is 1. The number of hydrogen-bond acceptors (Lipinski definition) is 2. The Balaban J connectivity index is 1.32. The molecule has 2 heterocycles. The van der Waals surface area contributed by atoms with Gasteiger partial charge in [-0.1, -0.05) is 36.4 Å². The van der Waals surface area contributed by atoms with Crippen molar-refractivity contribution in [1.82, 2.24) is 15.2 Å². The lowest BCUT2D eigenvalue weighted by Crippen LogP contribution is -2.46. The number of halogens is 1. The maximum atomic E-state index is 13.7. The van der Waals surface area contributed by atoms with Crippen molar-refractivity contribution >= 4 is 22.7 Å². The summed E-state index contributed by atoms with van der Waals surface area (Å²) in [6.07, 6.45) is 3.17. The summed E-state index contributed by atoms with van der Waals surface area (Å²) >= 11 is 0. The number of fused-ring (bicyclic) bond motifs is 1. The molecule has 0 spiro atoms. The quantitative estimate of drug-likeness (QED) is 0.731. The van der Waals surface area contributed by atoms with E-state index < -0.39 is 0 Å². The van der Waals surface area contributed by atoms with Gasteiger partial charge in [-0.2, -0.15) is 0 Å². The second-order valence-corrected chi connectivity index (χ2v) is 7.15. The number of hydrogen-bond donors (Lipinski definition) is 2. The Morgan fingerprint density at radius 1 is 1.07 bits per heavy atom. The molecule has 0 radical (unpaired) electrons. The van der Waals surface area contributed by atoms with Gasteiger partial charge in [-0.15, -0.1) is 0 Å². The minimum Gasteiger partial charge on any atom is -0.360 e. The fourth-order valence-electron chi connectivity index (χ4n) is 3.74. The Morgan fingerprint density at radius 3 is 2.57 bits per heavy atom. The van der Waals surface area contributed by atoms with Gasteiger partial charge in [0.25, 0.3) is 5.91 Å². The summed E-state index contributed by atoms with van der Waals surface area (Å²) in [7, 11) is 0. The number of rotatable bonds is 4. The van der Waals surface area contributed by atoms with Gasteiger partial charge in [-0.25, -0.2) is 4.39 Å². The number of nitrogens with one attached hydrogen (secondary N) is 2. The van der Waals surface area contributed by atoms with Crippen LogP contribution in [0.2, 0.25) is 0 Å². The van der Waals surface area contributed by atoms with Gasteiger partial charge in [0, 0.05) is 36.2 Å². The summed E-state index contributed by atoms with van der Waals surface area (Å²) in [4.78, 5) is 30.0. The van der Waals surface area contributed by atoms with Gasteiger partial charge >= 0.3 is 0 Å². The van der Waals surface area contributed by atoms with E-state index in [9.17, 15) is 14.0 Å². The van der Waals surface area contributed by atoms with Crippen LogP contribution >= 0.6 is 0 Å². The molecule has 1 saturated heterocycles. The lowest BCUT2D eigenvalue weighted by Gasteiger charge is -2.32. The number of nitrogens with zero attached hydrogens (tertiary/aromatic N) is 1. The van der Waals surface area contributed by atoms with Crippen molar-refractivity contribution in [2.75, 3.05) is 13.1 Å². The van der Waals surface area contributed by atoms with Gasteiger partial charge < -0.3 is 15.2 Å². The Bertz CT molecular complexity index is 1010. The van der Waals surface area contributed by atoms with E-state index in [4.69, 9.17) is 0 Å². The van der Waals surface area contributed by atoms with Crippen LogP contribution in [0.5, 0.6) is 0 Å². The standard InChI is InChI=1S/C22H22FN3O2/c23-19-7-3-1-5-15(19)13-21(27)25-16-9-11-26(12-10-16)22(28)18-14-24-20-8-4-2-6-17(18)20/h1-8,14,16,24H,9-13H2,(H,25,27). The molecule has 2 N–H and O–H groups in total. The first-order valence-corrected chi connectivity index (χ1v) is 9.50. The number of piperidine rings is 1. The zero-order chi connectivity index (χ0) is 19.5.